The largest absolute Gasteiger partial charge is 0.494 e. The lowest BCUT2D eigenvalue weighted by atomic mass is 9.89. The third kappa shape index (κ3) is 5.12. The molecule has 28 heavy (non-hydrogen) atoms. The van der Waals surface area contributed by atoms with Crippen LogP contribution in [0.25, 0.3) is 0 Å². The van der Waals surface area contributed by atoms with Gasteiger partial charge in [-0.25, -0.2) is 0 Å². The summed E-state index contributed by atoms with van der Waals surface area (Å²) in [4.78, 5) is 16.8. The average molecular weight is 382 g/mol. The summed E-state index contributed by atoms with van der Waals surface area (Å²) >= 11 is 0. The van der Waals surface area contributed by atoms with Crippen LogP contribution in [0.4, 0.5) is 0 Å². The first-order chi connectivity index (χ1) is 13.6. The first kappa shape index (κ1) is 20.4. The first-order valence-corrected chi connectivity index (χ1v) is 10.0. The van der Waals surface area contributed by atoms with E-state index in [1.54, 1.807) is 4.90 Å². The topological polar surface area (TPSA) is 58.8 Å². The minimum absolute atomic E-state index is 0.137. The molecular formula is C23H31N3O2. The summed E-state index contributed by atoms with van der Waals surface area (Å²) in [5.41, 5.74) is 8.43. The molecule has 1 fully saturated rings. The number of carbonyl (C=O) groups is 1. The van der Waals surface area contributed by atoms with Crippen LogP contribution in [0.3, 0.4) is 0 Å². The third-order valence-electron chi connectivity index (χ3n) is 5.49. The molecule has 1 amide bonds. The van der Waals surface area contributed by atoms with Crippen molar-refractivity contribution in [3.8, 4) is 5.75 Å². The average Bonchev–Trinajstić information content (AvgIpc) is 3.13. The van der Waals surface area contributed by atoms with Gasteiger partial charge in [-0.15, -0.1) is 0 Å². The number of nitrogens with two attached hydrogens (primary N) is 1. The molecular weight excluding hydrogens is 350 g/mol. The Morgan fingerprint density at radius 2 is 1.86 bits per heavy atom. The number of likely N-dealkylation sites (tertiary alicyclic amines) is 1. The number of benzene rings is 2. The van der Waals surface area contributed by atoms with Crippen molar-refractivity contribution >= 4 is 5.91 Å². The summed E-state index contributed by atoms with van der Waals surface area (Å²) in [6.45, 7) is 6.06. The summed E-state index contributed by atoms with van der Waals surface area (Å²) in [6.07, 6.45) is 0. The van der Waals surface area contributed by atoms with Crippen LogP contribution >= 0.6 is 0 Å². The van der Waals surface area contributed by atoms with Gasteiger partial charge in [0.15, 0.2) is 0 Å². The van der Waals surface area contributed by atoms with Crippen molar-refractivity contribution in [1.29, 1.82) is 0 Å². The van der Waals surface area contributed by atoms with Crippen LogP contribution in [0.5, 0.6) is 5.75 Å². The normalized spacial score (nSPS) is 19.5. The highest BCUT2D eigenvalue weighted by Crippen LogP contribution is 2.31. The number of amides is 1. The molecule has 1 aliphatic heterocycles. The summed E-state index contributed by atoms with van der Waals surface area (Å²) in [6, 6.07) is 18.4. The van der Waals surface area contributed by atoms with Crippen molar-refractivity contribution in [2.75, 3.05) is 39.8 Å². The van der Waals surface area contributed by atoms with Gasteiger partial charge in [-0.1, -0.05) is 42.5 Å². The van der Waals surface area contributed by atoms with E-state index in [1.165, 1.54) is 5.56 Å². The van der Waals surface area contributed by atoms with Crippen LogP contribution in [-0.4, -0.2) is 55.5 Å². The van der Waals surface area contributed by atoms with Crippen molar-refractivity contribution < 1.29 is 9.53 Å². The fraction of sp³-hybridized carbons (Fsp3) is 0.435. The Kier molecular flexibility index (Phi) is 7.06. The van der Waals surface area contributed by atoms with Gasteiger partial charge >= 0.3 is 0 Å². The van der Waals surface area contributed by atoms with E-state index in [0.29, 0.717) is 38.1 Å². The van der Waals surface area contributed by atoms with Gasteiger partial charge in [-0.3, -0.25) is 9.69 Å². The SMILES string of the molecule is CCOc1ccc(CN(C)C(=O)CN2C[C@@H](CN)[C@H](c3ccccc3)C2)cc1. The van der Waals surface area contributed by atoms with Crippen LogP contribution in [-0.2, 0) is 11.3 Å². The number of ether oxygens (including phenoxy) is 1. The molecule has 2 N–H and O–H groups in total. The highest BCUT2D eigenvalue weighted by atomic mass is 16.5. The monoisotopic (exact) mass is 381 g/mol. The highest BCUT2D eigenvalue weighted by Gasteiger charge is 2.33. The van der Waals surface area contributed by atoms with Gasteiger partial charge < -0.3 is 15.4 Å². The number of nitrogens with zero attached hydrogens (tertiary/aromatic N) is 2. The molecule has 1 heterocycles. The molecule has 5 nitrogen and oxygen atoms in total. The molecule has 3 rings (SSSR count). The smallest absolute Gasteiger partial charge is 0.236 e. The zero-order valence-corrected chi connectivity index (χ0v) is 16.9. The molecule has 0 bridgehead atoms. The second-order valence-electron chi connectivity index (χ2n) is 7.53. The fourth-order valence-electron chi connectivity index (χ4n) is 3.94. The number of carbonyl (C=O) groups excluding carboxylic acids is 1. The van der Waals surface area contributed by atoms with Gasteiger partial charge in [0.25, 0.3) is 0 Å². The zero-order valence-electron chi connectivity index (χ0n) is 16.9. The minimum atomic E-state index is 0.137. The van der Waals surface area contributed by atoms with E-state index >= 15 is 0 Å². The maximum atomic E-state index is 12.7. The number of hydrogen-bond donors (Lipinski definition) is 1. The summed E-state index contributed by atoms with van der Waals surface area (Å²) < 4.78 is 5.47. The molecule has 0 spiro atoms. The molecule has 0 aliphatic carbocycles. The maximum absolute atomic E-state index is 12.7. The second-order valence-corrected chi connectivity index (χ2v) is 7.53. The van der Waals surface area contributed by atoms with Gasteiger partial charge in [0.1, 0.15) is 5.75 Å². The van der Waals surface area contributed by atoms with Gasteiger partial charge in [0, 0.05) is 32.6 Å². The Balaban J connectivity index is 1.55. The van der Waals surface area contributed by atoms with Crippen LogP contribution in [0.2, 0.25) is 0 Å². The molecule has 0 saturated carbocycles. The number of rotatable bonds is 8. The lowest BCUT2D eigenvalue weighted by molar-refractivity contribution is -0.131. The van der Waals surface area contributed by atoms with Crippen molar-refractivity contribution in [2.45, 2.75) is 19.4 Å². The number of likely N-dealkylation sites (N-methyl/N-ethyl adjacent to an activating group) is 1. The lowest BCUT2D eigenvalue weighted by Crippen LogP contribution is -2.37. The zero-order chi connectivity index (χ0) is 19.9. The highest BCUT2D eigenvalue weighted by molar-refractivity contribution is 5.78. The summed E-state index contributed by atoms with van der Waals surface area (Å²) in [5, 5.41) is 0. The lowest BCUT2D eigenvalue weighted by Gasteiger charge is -2.22. The Bertz CT molecular complexity index is 748. The van der Waals surface area contributed by atoms with Crippen LogP contribution in [0.15, 0.2) is 54.6 Å². The van der Waals surface area contributed by atoms with E-state index in [-0.39, 0.29) is 5.91 Å². The molecule has 0 aromatic heterocycles. The predicted molar refractivity (Wildman–Crippen MR) is 112 cm³/mol. The van der Waals surface area contributed by atoms with Crippen molar-refractivity contribution in [3.05, 3.63) is 65.7 Å². The standard InChI is InChI=1S/C23H31N3O2/c1-3-28-21-11-9-18(10-12-21)14-25(2)23(27)17-26-15-20(13-24)22(16-26)19-7-5-4-6-8-19/h4-12,20,22H,3,13-17,24H2,1-2H3/t20-,22+/m1/s1. The first-order valence-electron chi connectivity index (χ1n) is 10.0. The van der Waals surface area contributed by atoms with Crippen LogP contribution < -0.4 is 10.5 Å². The molecule has 2 aromatic rings. The molecule has 1 aliphatic rings. The van der Waals surface area contributed by atoms with Crippen molar-refractivity contribution in [2.24, 2.45) is 11.7 Å². The minimum Gasteiger partial charge on any atom is -0.494 e. The van der Waals surface area contributed by atoms with E-state index in [0.717, 1.165) is 24.4 Å². The Morgan fingerprint density at radius 3 is 2.50 bits per heavy atom. The van der Waals surface area contributed by atoms with E-state index in [1.807, 2.05) is 44.3 Å². The van der Waals surface area contributed by atoms with E-state index < -0.39 is 0 Å². The van der Waals surface area contributed by atoms with Gasteiger partial charge in [-0.05, 0) is 42.6 Å². The second kappa shape index (κ2) is 9.71. The molecule has 5 heteroatoms. The molecule has 0 unspecified atom stereocenters. The van der Waals surface area contributed by atoms with Gasteiger partial charge in [0.05, 0.1) is 13.2 Å². The van der Waals surface area contributed by atoms with Gasteiger partial charge in [-0.2, -0.15) is 0 Å². The Labute approximate surface area is 168 Å². The molecule has 150 valence electrons. The third-order valence-corrected chi connectivity index (χ3v) is 5.49. The van der Waals surface area contributed by atoms with Crippen molar-refractivity contribution in [1.82, 2.24) is 9.80 Å². The van der Waals surface area contributed by atoms with Crippen LogP contribution in [0.1, 0.15) is 24.0 Å². The Morgan fingerprint density at radius 1 is 1.14 bits per heavy atom. The molecule has 2 aromatic carbocycles. The van der Waals surface area contributed by atoms with E-state index in [4.69, 9.17) is 10.5 Å². The molecule has 1 saturated heterocycles. The quantitative estimate of drug-likeness (QED) is 0.764. The summed E-state index contributed by atoms with van der Waals surface area (Å²) in [5.74, 6) is 1.79. The van der Waals surface area contributed by atoms with Crippen molar-refractivity contribution in [3.63, 3.8) is 0 Å². The molecule has 2 atom stereocenters. The summed E-state index contributed by atoms with van der Waals surface area (Å²) in [7, 11) is 1.87. The van der Waals surface area contributed by atoms with E-state index in [2.05, 4.69) is 29.2 Å². The number of hydrogen-bond acceptors (Lipinski definition) is 4. The Hall–Kier alpha value is -2.37. The predicted octanol–water partition coefficient (Wildman–Crippen LogP) is 2.72. The maximum Gasteiger partial charge on any atom is 0.236 e. The fourth-order valence-corrected chi connectivity index (χ4v) is 3.94. The van der Waals surface area contributed by atoms with Gasteiger partial charge in [0.2, 0.25) is 5.91 Å². The van der Waals surface area contributed by atoms with Crippen LogP contribution in [0, 0.1) is 5.92 Å². The van der Waals surface area contributed by atoms with E-state index in [9.17, 15) is 4.79 Å². The molecule has 0 radical (unpaired) electrons.